The van der Waals surface area contributed by atoms with Crippen LogP contribution in [0.1, 0.15) is 46.5 Å². The second-order valence-corrected chi connectivity index (χ2v) is 7.68. The number of carbonyl (C=O) groups is 1. The van der Waals surface area contributed by atoms with E-state index in [0.29, 0.717) is 16.7 Å². The fourth-order valence-corrected chi connectivity index (χ4v) is 3.69. The number of halogens is 1. The molecule has 2 fully saturated rings. The minimum absolute atomic E-state index is 0.214. The molecule has 1 saturated carbocycles. The number of amides is 1. The molecule has 3 heteroatoms. The molecule has 0 aromatic rings. The van der Waals surface area contributed by atoms with Crippen molar-refractivity contribution in [3.05, 3.63) is 0 Å². The Bertz CT molecular complexity index is 303. The molecule has 2 aliphatic rings. The molecule has 0 aromatic carbocycles. The van der Waals surface area contributed by atoms with Gasteiger partial charge < -0.3 is 4.90 Å². The van der Waals surface area contributed by atoms with E-state index in [4.69, 9.17) is 0 Å². The van der Waals surface area contributed by atoms with Crippen LogP contribution in [0.2, 0.25) is 0 Å². The van der Waals surface area contributed by atoms with Crippen molar-refractivity contribution in [2.24, 2.45) is 17.3 Å². The first-order valence-corrected chi connectivity index (χ1v) is 7.76. The van der Waals surface area contributed by atoms with Crippen LogP contribution in [0.25, 0.3) is 0 Å². The van der Waals surface area contributed by atoms with Crippen molar-refractivity contribution < 1.29 is 4.79 Å². The van der Waals surface area contributed by atoms with Gasteiger partial charge >= 0.3 is 0 Å². The monoisotopic (exact) mass is 301 g/mol. The number of piperidine rings is 1. The molecular weight excluding hydrogens is 278 g/mol. The van der Waals surface area contributed by atoms with Crippen LogP contribution in [0.3, 0.4) is 0 Å². The van der Waals surface area contributed by atoms with Crippen molar-refractivity contribution >= 4 is 21.8 Å². The summed E-state index contributed by atoms with van der Waals surface area (Å²) in [6, 6.07) is 0. The van der Waals surface area contributed by atoms with E-state index < -0.39 is 0 Å². The third kappa shape index (κ3) is 2.69. The normalized spacial score (nSPS) is 37.2. The Kier molecular flexibility index (Phi) is 3.86. The Balaban J connectivity index is 2.01. The molecule has 1 saturated heterocycles. The zero-order valence-electron chi connectivity index (χ0n) is 11.2. The zero-order chi connectivity index (χ0) is 12.6. The Morgan fingerprint density at radius 2 is 2.06 bits per heavy atom. The maximum absolute atomic E-state index is 12.6. The van der Waals surface area contributed by atoms with Crippen molar-refractivity contribution in [1.29, 1.82) is 0 Å². The molecule has 0 aromatic heterocycles. The number of nitrogens with zero attached hydrogens (tertiary/aromatic N) is 1. The second kappa shape index (κ2) is 4.91. The van der Waals surface area contributed by atoms with Crippen LogP contribution in [0, 0.1) is 17.3 Å². The molecule has 3 atom stereocenters. The van der Waals surface area contributed by atoms with Gasteiger partial charge in [-0.2, -0.15) is 0 Å². The average molecular weight is 302 g/mol. The zero-order valence-corrected chi connectivity index (χ0v) is 12.8. The summed E-state index contributed by atoms with van der Waals surface area (Å²) in [4.78, 5) is 15.3. The number of rotatable bonds is 1. The summed E-state index contributed by atoms with van der Waals surface area (Å²) in [7, 11) is 0. The SMILES string of the molecule is CC1CN(C(=O)C2CCCC2(C)C)CCC1Br. The molecule has 17 heavy (non-hydrogen) atoms. The van der Waals surface area contributed by atoms with Crippen LogP contribution in [0.15, 0.2) is 0 Å². The summed E-state index contributed by atoms with van der Waals surface area (Å²) in [5.74, 6) is 1.26. The van der Waals surface area contributed by atoms with Gasteiger partial charge in [-0.05, 0) is 30.6 Å². The first-order valence-electron chi connectivity index (χ1n) is 6.84. The first kappa shape index (κ1) is 13.4. The topological polar surface area (TPSA) is 20.3 Å². The molecule has 0 spiro atoms. The van der Waals surface area contributed by atoms with Gasteiger partial charge in [-0.1, -0.05) is 43.1 Å². The Labute approximate surface area is 113 Å². The maximum Gasteiger partial charge on any atom is 0.226 e. The largest absolute Gasteiger partial charge is 0.342 e. The highest BCUT2D eigenvalue weighted by molar-refractivity contribution is 9.09. The van der Waals surface area contributed by atoms with Gasteiger partial charge in [-0.15, -0.1) is 0 Å². The van der Waals surface area contributed by atoms with Crippen molar-refractivity contribution in [1.82, 2.24) is 4.90 Å². The van der Waals surface area contributed by atoms with E-state index >= 15 is 0 Å². The fourth-order valence-electron chi connectivity index (χ4n) is 3.32. The standard InChI is InChI=1S/C14H24BrNO/c1-10-9-16(8-6-12(10)15)13(17)11-5-4-7-14(11,2)3/h10-12H,4-9H2,1-3H3. The third-order valence-corrected chi connectivity index (χ3v) is 6.03. The van der Waals surface area contributed by atoms with Gasteiger partial charge in [0.15, 0.2) is 0 Å². The van der Waals surface area contributed by atoms with Crippen LogP contribution in [-0.4, -0.2) is 28.7 Å². The Hall–Kier alpha value is -0.0500. The predicted molar refractivity (Wildman–Crippen MR) is 74.2 cm³/mol. The van der Waals surface area contributed by atoms with E-state index in [0.717, 1.165) is 25.9 Å². The van der Waals surface area contributed by atoms with E-state index in [2.05, 4.69) is 41.6 Å². The summed E-state index contributed by atoms with van der Waals surface area (Å²) in [5.41, 5.74) is 0.214. The van der Waals surface area contributed by atoms with Crippen LogP contribution in [0.4, 0.5) is 0 Å². The van der Waals surface area contributed by atoms with Crippen LogP contribution in [-0.2, 0) is 4.79 Å². The Morgan fingerprint density at radius 1 is 1.35 bits per heavy atom. The van der Waals surface area contributed by atoms with Gasteiger partial charge in [0.2, 0.25) is 5.91 Å². The number of carbonyl (C=O) groups excluding carboxylic acids is 1. The smallest absolute Gasteiger partial charge is 0.226 e. The first-order chi connectivity index (χ1) is 7.92. The highest BCUT2D eigenvalue weighted by Gasteiger charge is 2.42. The summed E-state index contributed by atoms with van der Waals surface area (Å²) < 4.78 is 0. The Morgan fingerprint density at radius 3 is 2.59 bits per heavy atom. The number of hydrogen-bond donors (Lipinski definition) is 0. The minimum Gasteiger partial charge on any atom is -0.342 e. The number of likely N-dealkylation sites (tertiary alicyclic amines) is 1. The number of alkyl halides is 1. The third-order valence-electron chi connectivity index (χ3n) is 4.67. The minimum atomic E-state index is 0.214. The number of hydrogen-bond acceptors (Lipinski definition) is 1. The van der Waals surface area contributed by atoms with Crippen molar-refractivity contribution in [2.45, 2.75) is 51.3 Å². The second-order valence-electron chi connectivity index (χ2n) is 6.50. The maximum atomic E-state index is 12.6. The molecule has 0 bridgehead atoms. The van der Waals surface area contributed by atoms with E-state index in [1.807, 2.05) is 0 Å². The van der Waals surface area contributed by atoms with Crippen molar-refractivity contribution in [2.75, 3.05) is 13.1 Å². The lowest BCUT2D eigenvalue weighted by Gasteiger charge is -2.38. The molecule has 1 amide bonds. The van der Waals surface area contributed by atoms with Crippen molar-refractivity contribution in [3.8, 4) is 0 Å². The van der Waals surface area contributed by atoms with Crippen LogP contribution < -0.4 is 0 Å². The summed E-state index contributed by atoms with van der Waals surface area (Å²) in [5, 5.41) is 0. The van der Waals surface area contributed by atoms with Crippen LogP contribution >= 0.6 is 15.9 Å². The van der Waals surface area contributed by atoms with Gasteiger partial charge in [0.1, 0.15) is 0 Å². The highest BCUT2D eigenvalue weighted by atomic mass is 79.9. The molecule has 2 nitrogen and oxygen atoms in total. The lowest BCUT2D eigenvalue weighted by molar-refractivity contribution is -0.140. The molecule has 2 rings (SSSR count). The summed E-state index contributed by atoms with van der Waals surface area (Å²) in [6.07, 6.45) is 4.61. The van der Waals surface area contributed by atoms with E-state index in [-0.39, 0.29) is 11.3 Å². The predicted octanol–water partition coefficient (Wildman–Crippen LogP) is 3.44. The fraction of sp³-hybridized carbons (Fsp3) is 0.929. The van der Waals surface area contributed by atoms with Gasteiger partial charge in [0.25, 0.3) is 0 Å². The molecule has 98 valence electrons. The highest BCUT2D eigenvalue weighted by Crippen LogP contribution is 2.43. The molecule has 1 aliphatic heterocycles. The average Bonchev–Trinajstić information content (AvgIpc) is 2.61. The molecular formula is C14H24BrNO. The van der Waals surface area contributed by atoms with Gasteiger partial charge in [-0.3, -0.25) is 4.79 Å². The van der Waals surface area contributed by atoms with Gasteiger partial charge in [-0.25, -0.2) is 0 Å². The van der Waals surface area contributed by atoms with E-state index in [9.17, 15) is 4.79 Å². The quantitative estimate of drug-likeness (QED) is 0.679. The summed E-state index contributed by atoms with van der Waals surface area (Å²) in [6.45, 7) is 8.61. The molecule has 0 N–H and O–H groups in total. The van der Waals surface area contributed by atoms with Crippen LogP contribution in [0.5, 0.6) is 0 Å². The van der Waals surface area contributed by atoms with Gasteiger partial charge in [0.05, 0.1) is 0 Å². The van der Waals surface area contributed by atoms with Gasteiger partial charge in [0, 0.05) is 23.8 Å². The lowest BCUT2D eigenvalue weighted by Crippen LogP contribution is -2.47. The van der Waals surface area contributed by atoms with E-state index in [1.54, 1.807) is 0 Å². The molecule has 1 heterocycles. The summed E-state index contributed by atoms with van der Waals surface area (Å²) >= 11 is 3.70. The molecule has 1 aliphatic carbocycles. The molecule has 3 unspecified atom stereocenters. The van der Waals surface area contributed by atoms with Crippen molar-refractivity contribution in [3.63, 3.8) is 0 Å². The molecule has 0 radical (unpaired) electrons. The van der Waals surface area contributed by atoms with E-state index in [1.165, 1.54) is 12.8 Å². The lowest BCUT2D eigenvalue weighted by atomic mass is 9.80.